The van der Waals surface area contributed by atoms with E-state index in [-0.39, 0.29) is 30.1 Å². The number of benzene rings is 1. The predicted octanol–water partition coefficient (Wildman–Crippen LogP) is 1.89. The topological polar surface area (TPSA) is 67.2 Å². The fourth-order valence-corrected chi connectivity index (χ4v) is 3.27. The zero-order chi connectivity index (χ0) is 18.1. The van der Waals surface area contributed by atoms with Gasteiger partial charge in [-0.25, -0.2) is 4.39 Å². The van der Waals surface area contributed by atoms with Gasteiger partial charge in [-0.15, -0.1) is 0 Å². The molecule has 2 heterocycles. The van der Waals surface area contributed by atoms with Crippen molar-refractivity contribution < 1.29 is 14.0 Å². The first kappa shape index (κ1) is 16.8. The number of hydrogen-bond donors (Lipinski definition) is 1. The number of rotatable bonds is 4. The number of carbonyl (C=O) groups excluding carboxylic acids is 2. The quantitative estimate of drug-likeness (QED) is 0.910. The molecule has 2 aliphatic rings. The van der Waals surface area contributed by atoms with Crippen molar-refractivity contribution in [3.63, 3.8) is 0 Å². The van der Waals surface area contributed by atoms with E-state index in [4.69, 9.17) is 0 Å². The van der Waals surface area contributed by atoms with Gasteiger partial charge in [-0.05, 0) is 37.0 Å². The summed E-state index contributed by atoms with van der Waals surface area (Å²) in [5, 5.41) is 7.30. The van der Waals surface area contributed by atoms with Gasteiger partial charge in [0, 0.05) is 19.1 Å². The van der Waals surface area contributed by atoms with Crippen LogP contribution >= 0.6 is 0 Å². The molecule has 0 spiro atoms. The van der Waals surface area contributed by atoms with Crippen molar-refractivity contribution in [3.05, 3.63) is 53.1 Å². The summed E-state index contributed by atoms with van der Waals surface area (Å²) in [6.07, 6.45) is 4.55. The van der Waals surface area contributed by atoms with Gasteiger partial charge in [0.2, 0.25) is 5.91 Å². The summed E-state index contributed by atoms with van der Waals surface area (Å²) in [7, 11) is 0. The zero-order valence-electron chi connectivity index (χ0n) is 14.4. The highest BCUT2D eigenvalue weighted by Gasteiger charge is 2.28. The SMILES string of the molecule is O=C(NC1CC1)c1cnn2c1CN(C(=O)Cc1cccc(F)c1)CCC2. The normalized spacial score (nSPS) is 16.7. The number of halogens is 1. The van der Waals surface area contributed by atoms with Gasteiger partial charge in [0.25, 0.3) is 5.91 Å². The van der Waals surface area contributed by atoms with E-state index >= 15 is 0 Å². The molecule has 1 N–H and O–H groups in total. The molecule has 0 atom stereocenters. The lowest BCUT2D eigenvalue weighted by atomic mass is 10.1. The Bertz CT molecular complexity index is 844. The van der Waals surface area contributed by atoms with Crippen LogP contribution in [0.1, 0.15) is 40.9 Å². The van der Waals surface area contributed by atoms with E-state index in [1.54, 1.807) is 23.2 Å². The van der Waals surface area contributed by atoms with Gasteiger partial charge in [-0.3, -0.25) is 14.3 Å². The Morgan fingerprint density at radius 1 is 1.27 bits per heavy atom. The van der Waals surface area contributed by atoms with E-state index in [1.165, 1.54) is 12.1 Å². The number of aryl methyl sites for hydroxylation is 1. The molecule has 2 aromatic rings. The maximum absolute atomic E-state index is 13.4. The molecular formula is C19H21FN4O2. The van der Waals surface area contributed by atoms with Crippen LogP contribution in [0.2, 0.25) is 0 Å². The van der Waals surface area contributed by atoms with E-state index in [0.717, 1.165) is 25.0 Å². The molecule has 2 amide bonds. The Morgan fingerprint density at radius 3 is 2.88 bits per heavy atom. The van der Waals surface area contributed by atoms with Gasteiger partial charge in [0.05, 0.1) is 30.4 Å². The number of carbonyl (C=O) groups is 2. The minimum Gasteiger partial charge on any atom is -0.349 e. The first-order chi connectivity index (χ1) is 12.6. The third kappa shape index (κ3) is 3.61. The first-order valence-corrected chi connectivity index (χ1v) is 8.98. The summed E-state index contributed by atoms with van der Waals surface area (Å²) in [5.41, 5.74) is 1.97. The van der Waals surface area contributed by atoms with E-state index in [0.29, 0.717) is 30.8 Å². The minimum atomic E-state index is -0.344. The van der Waals surface area contributed by atoms with Crippen molar-refractivity contribution in [1.29, 1.82) is 0 Å². The van der Waals surface area contributed by atoms with Crippen LogP contribution in [0.3, 0.4) is 0 Å². The van der Waals surface area contributed by atoms with Gasteiger partial charge >= 0.3 is 0 Å². The number of fused-ring (bicyclic) bond motifs is 1. The number of aromatic nitrogens is 2. The molecule has 0 saturated heterocycles. The van der Waals surface area contributed by atoms with Crippen LogP contribution < -0.4 is 5.32 Å². The Labute approximate surface area is 151 Å². The fourth-order valence-electron chi connectivity index (χ4n) is 3.27. The highest BCUT2D eigenvalue weighted by molar-refractivity contribution is 5.95. The molecule has 7 heteroatoms. The lowest BCUT2D eigenvalue weighted by molar-refractivity contribution is -0.131. The molecule has 1 aromatic heterocycles. The van der Waals surface area contributed by atoms with Crippen LogP contribution in [0, 0.1) is 5.82 Å². The molecule has 0 bridgehead atoms. The Balaban J connectivity index is 1.50. The summed E-state index contributed by atoms with van der Waals surface area (Å²) in [5.74, 6) is -0.532. The standard InChI is InChI=1S/C19H21FN4O2/c20-14-4-1-3-13(9-14)10-18(25)23-7-2-8-24-17(12-23)16(11-21-24)19(26)22-15-5-6-15/h1,3-4,9,11,15H,2,5-8,10,12H2,(H,22,26). The Kier molecular flexibility index (Phi) is 4.44. The van der Waals surface area contributed by atoms with E-state index in [9.17, 15) is 14.0 Å². The monoisotopic (exact) mass is 356 g/mol. The minimum absolute atomic E-state index is 0.0706. The van der Waals surface area contributed by atoms with Crippen molar-refractivity contribution in [2.24, 2.45) is 0 Å². The van der Waals surface area contributed by atoms with Gasteiger partial charge in [0.15, 0.2) is 0 Å². The second-order valence-corrected chi connectivity index (χ2v) is 6.95. The van der Waals surface area contributed by atoms with E-state index in [2.05, 4.69) is 10.4 Å². The lowest BCUT2D eigenvalue weighted by Crippen LogP contribution is -2.33. The van der Waals surface area contributed by atoms with Crippen molar-refractivity contribution >= 4 is 11.8 Å². The second-order valence-electron chi connectivity index (χ2n) is 6.95. The van der Waals surface area contributed by atoms with Crippen LogP contribution in [-0.4, -0.2) is 39.1 Å². The Hall–Kier alpha value is -2.70. The number of nitrogens with one attached hydrogen (secondary N) is 1. The fraction of sp³-hybridized carbons (Fsp3) is 0.421. The molecular weight excluding hydrogens is 335 g/mol. The zero-order valence-corrected chi connectivity index (χ0v) is 14.4. The lowest BCUT2D eigenvalue weighted by Gasteiger charge is -2.20. The van der Waals surface area contributed by atoms with Gasteiger partial charge in [0.1, 0.15) is 5.82 Å². The van der Waals surface area contributed by atoms with Crippen LogP contribution in [-0.2, 0) is 24.3 Å². The van der Waals surface area contributed by atoms with E-state index < -0.39 is 0 Å². The molecule has 4 rings (SSSR count). The van der Waals surface area contributed by atoms with Crippen molar-refractivity contribution in [1.82, 2.24) is 20.0 Å². The third-order valence-corrected chi connectivity index (χ3v) is 4.84. The molecule has 136 valence electrons. The predicted molar refractivity (Wildman–Crippen MR) is 92.9 cm³/mol. The summed E-state index contributed by atoms with van der Waals surface area (Å²) in [4.78, 5) is 26.9. The third-order valence-electron chi connectivity index (χ3n) is 4.84. The molecule has 1 aliphatic heterocycles. The van der Waals surface area contributed by atoms with Crippen molar-refractivity contribution in [2.75, 3.05) is 6.54 Å². The number of nitrogens with zero attached hydrogens (tertiary/aromatic N) is 3. The highest BCUT2D eigenvalue weighted by atomic mass is 19.1. The van der Waals surface area contributed by atoms with Crippen molar-refractivity contribution in [2.45, 2.75) is 44.8 Å². The van der Waals surface area contributed by atoms with Crippen LogP contribution in [0.25, 0.3) is 0 Å². The summed E-state index contributed by atoms with van der Waals surface area (Å²) in [6.45, 7) is 1.62. The maximum atomic E-state index is 13.4. The van der Waals surface area contributed by atoms with Crippen LogP contribution in [0.5, 0.6) is 0 Å². The molecule has 1 aromatic carbocycles. The second kappa shape index (κ2) is 6.90. The van der Waals surface area contributed by atoms with Crippen molar-refractivity contribution in [3.8, 4) is 0 Å². The van der Waals surface area contributed by atoms with Gasteiger partial charge < -0.3 is 10.2 Å². The summed E-state index contributed by atoms with van der Waals surface area (Å²) in [6, 6.07) is 6.37. The number of hydrogen-bond acceptors (Lipinski definition) is 3. The first-order valence-electron chi connectivity index (χ1n) is 8.98. The average molecular weight is 356 g/mol. The molecule has 1 saturated carbocycles. The molecule has 1 aliphatic carbocycles. The molecule has 6 nitrogen and oxygen atoms in total. The highest BCUT2D eigenvalue weighted by Crippen LogP contribution is 2.22. The number of amides is 2. The average Bonchev–Trinajstić information content (AvgIpc) is 3.37. The molecule has 0 unspecified atom stereocenters. The molecule has 26 heavy (non-hydrogen) atoms. The van der Waals surface area contributed by atoms with Crippen LogP contribution in [0.4, 0.5) is 4.39 Å². The molecule has 1 fully saturated rings. The summed E-state index contributed by atoms with van der Waals surface area (Å²) < 4.78 is 15.2. The van der Waals surface area contributed by atoms with E-state index in [1.807, 2.05) is 4.68 Å². The smallest absolute Gasteiger partial charge is 0.255 e. The summed E-state index contributed by atoms with van der Waals surface area (Å²) >= 11 is 0. The molecule has 0 radical (unpaired) electrons. The maximum Gasteiger partial charge on any atom is 0.255 e. The van der Waals surface area contributed by atoms with Gasteiger partial charge in [-0.2, -0.15) is 5.10 Å². The van der Waals surface area contributed by atoms with Crippen LogP contribution in [0.15, 0.2) is 30.5 Å². The largest absolute Gasteiger partial charge is 0.349 e. The Morgan fingerprint density at radius 2 is 2.12 bits per heavy atom. The van der Waals surface area contributed by atoms with Gasteiger partial charge in [-0.1, -0.05) is 12.1 Å².